The lowest BCUT2D eigenvalue weighted by Crippen LogP contribution is -2.19. The van der Waals surface area contributed by atoms with Gasteiger partial charge in [0.15, 0.2) is 5.09 Å². The van der Waals surface area contributed by atoms with Gasteiger partial charge in [0.05, 0.1) is 18.3 Å². The third-order valence-corrected chi connectivity index (χ3v) is 5.71. The standard InChI is InChI=1S/C24H18N6O2S/c31-22(15-18-9-6-8-17-7-4-5-12-21(17)18)26-25-16-20-13-14-23(32-20)33-24-27-28-29-30(24)19-10-2-1-3-11-19/h1-14,16H,15H2,(H,26,31)/b25-16-. The average molecular weight is 455 g/mol. The molecule has 1 amide bonds. The van der Waals surface area contributed by atoms with Crippen LogP contribution < -0.4 is 5.43 Å². The van der Waals surface area contributed by atoms with Crippen LogP contribution in [0.2, 0.25) is 0 Å². The molecule has 0 fully saturated rings. The van der Waals surface area contributed by atoms with Crippen molar-refractivity contribution in [2.45, 2.75) is 16.7 Å². The molecule has 0 aliphatic rings. The number of carbonyl (C=O) groups is 1. The van der Waals surface area contributed by atoms with E-state index in [4.69, 9.17) is 4.42 Å². The largest absolute Gasteiger partial charge is 0.448 e. The Bertz CT molecular complexity index is 1420. The molecular weight excluding hydrogens is 436 g/mol. The number of fused-ring (bicyclic) bond motifs is 1. The van der Waals surface area contributed by atoms with Crippen LogP contribution in [0, 0.1) is 0 Å². The predicted octanol–water partition coefficient (Wildman–Crippen LogP) is 4.25. The van der Waals surface area contributed by atoms with Gasteiger partial charge in [0.1, 0.15) is 5.76 Å². The molecule has 0 spiro atoms. The molecule has 9 heteroatoms. The normalized spacial score (nSPS) is 11.3. The summed E-state index contributed by atoms with van der Waals surface area (Å²) in [6.45, 7) is 0. The van der Waals surface area contributed by atoms with E-state index in [2.05, 4.69) is 26.1 Å². The van der Waals surface area contributed by atoms with E-state index >= 15 is 0 Å². The lowest BCUT2D eigenvalue weighted by atomic mass is 10.0. The fraction of sp³-hybridized carbons (Fsp3) is 0.0417. The molecule has 2 heterocycles. The highest BCUT2D eigenvalue weighted by Gasteiger charge is 2.12. The van der Waals surface area contributed by atoms with Gasteiger partial charge < -0.3 is 4.42 Å². The highest BCUT2D eigenvalue weighted by Crippen LogP contribution is 2.28. The maximum atomic E-state index is 12.4. The molecule has 0 saturated heterocycles. The first-order chi connectivity index (χ1) is 16.3. The summed E-state index contributed by atoms with van der Waals surface area (Å²) in [5.41, 5.74) is 4.36. The number of hydrazone groups is 1. The SMILES string of the molecule is O=C(Cc1cccc2ccccc12)N/N=C\c1ccc(Sc2nnnn2-c2ccccc2)o1. The van der Waals surface area contributed by atoms with Gasteiger partial charge in [0.2, 0.25) is 11.1 Å². The molecule has 3 aromatic carbocycles. The Labute approximate surface area is 193 Å². The van der Waals surface area contributed by atoms with Crippen LogP contribution in [-0.4, -0.2) is 32.3 Å². The van der Waals surface area contributed by atoms with Gasteiger partial charge in [-0.15, -0.1) is 5.10 Å². The zero-order valence-corrected chi connectivity index (χ0v) is 18.1. The molecule has 1 N–H and O–H groups in total. The van der Waals surface area contributed by atoms with Gasteiger partial charge in [-0.2, -0.15) is 9.78 Å². The number of hydrogen-bond acceptors (Lipinski definition) is 7. The van der Waals surface area contributed by atoms with E-state index in [-0.39, 0.29) is 12.3 Å². The van der Waals surface area contributed by atoms with E-state index in [1.165, 1.54) is 18.0 Å². The predicted molar refractivity (Wildman–Crippen MR) is 125 cm³/mol. The zero-order valence-electron chi connectivity index (χ0n) is 17.3. The van der Waals surface area contributed by atoms with E-state index in [0.717, 1.165) is 22.0 Å². The molecule has 2 aromatic heterocycles. The highest BCUT2D eigenvalue weighted by atomic mass is 32.2. The molecule has 0 aliphatic heterocycles. The molecule has 0 bridgehead atoms. The molecular formula is C24H18N6O2S. The fourth-order valence-electron chi connectivity index (χ4n) is 3.35. The van der Waals surface area contributed by atoms with Gasteiger partial charge in [0, 0.05) is 0 Å². The van der Waals surface area contributed by atoms with Crippen molar-refractivity contribution >= 4 is 34.7 Å². The smallest absolute Gasteiger partial charge is 0.244 e. The Morgan fingerprint density at radius 2 is 1.82 bits per heavy atom. The van der Waals surface area contributed by atoms with Gasteiger partial charge in [0.25, 0.3) is 0 Å². The van der Waals surface area contributed by atoms with Gasteiger partial charge in [-0.1, -0.05) is 60.7 Å². The van der Waals surface area contributed by atoms with Crippen LogP contribution >= 0.6 is 11.8 Å². The number of aromatic nitrogens is 4. The summed E-state index contributed by atoms with van der Waals surface area (Å²) in [4.78, 5) is 12.4. The molecule has 8 nitrogen and oxygen atoms in total. The van der Waals surface area contributed by atoms with Crippen LogP contribution in [0.4, 0.5) is 0 Å². The summed E-state index contributed by atoms with van der Waals surface area (Å²) in [7, 11) is 0. The number of benzene rings is 3. The number of hydrogen-bond donors (Lipinski definition) is 1. The quantitative estimate of drug-likeness (QED) is 0.292. The summed E-state index contributed by atoms with van der Waals surface area (Å²) in [5.74, 6) is 0.299. The number of rotatable bonds is 7. The van der Waals surface area contributed by atoms with Crippen LogP contribution in [0.3, 0.4) is 0 Å². The molecule has 0 radical (unpaired) electrons. The van der Waals surface area contributed by atoms with Gasteiger partial charge in [-0.3, -0.25) is 4.79 Å². The van der Waals surface area contributed by atoms with Crippen molar-refractivity contribution < 1.29 is 9.21 Å². The lowest BCUT2D eigenvalue weighted by molar-refractivity contribution is -0.120. The van der Waals surface area contributed by atoms with Gasteiger partial charge in [-0.25, -0.2) is 5.43 Å². The highest BCUT2D eigenvalue weighted by molar-refractivity contribution is 7.99. The second-order valence-corrected chi connectivity index (χ2v) is 8.05. The van der Waals surface area contributed by atoms with E-state index < -0.39 is 0 Å². The van der Waals surface area contributed by atoms with Crippen molar-refractivity contribution in [3.63, 3.8) is 0 Å². The Hall–Kier alpha value is -4.24. The maximum absolute atomic E-state index is 12.4. The average Bonchev–Trinajstić information content (AvgIpc) is 3.50. The van der Waals surface area contributed by atoms with Crippen molar-refractivity contribution in [1.82, 2.24) is 25.6 Å². The molecule has 5 aromatic rings. The lowest BCUT2D eigenvalue weighted by Gasteiger charge is -2.05. The maximum Gasteiger partial charge on any atom is 0.244 e. The minimum absolute atomic E-state index is 0.203. The van der Waals surface area contributed by atoms with E-state index in [0.29, 0.717) is 16.0 Å². The first-order valence-electron chi connectivity index (χ1n) is 10.2. The molecule has 0 aliphatic carbocycles. The number of furan rings is 1. The Morgan fingerprint density at radius 1 is 1.00 bits per heavy atom. The van der Waals surface area contributed by atoms with Crippen molar-refractivity contribution in [2.75, 3.05) is 0 Å². The van der Waals surface area contributed by atoms with Crippen LogP contribution in [0.5, 0.6) is 0 Å². The molecule has 162 valence electrons. The van der Waals surface area contributed by atoms with Crippen molar-refractivity contribution in [2.24, 2.45) is 5.10 Å². The number of tetrazole rings is 1. The third kappa shape index (κ3) is 4.83. The molecule has 33 heavy (non-hydrogen) atoms. The van der Waals surface area contributed by atoms with Crippen molar-refractivity contribution in [3.05, 3.63) is 96.3 Å². The number of nitrogens with one attached hydrogen (secondary N) is 1. The molecule has 5 rings (SSSR count). The summed E-state index contributed by atoms with van der Waals surface area (Å²) in [5, 5.41) is 19.2. The van der Waals surface area contributed by atoms with E-state index in [1.54, 1.807) is 16.8 Å². The zero-order chi connectivity index (χ0) is 22.5. The molecule has 0 unspecified atom stereocenters. The minimum Gasteiger partial charge on any atom is -0.448 e. The van der Waals surface area contributed by atoms with Gasteiger partial charge in [-0.05, 0) is 62.8 Å². The first kappa shape index (κ1) is 20.7. The number of amides is 1. The summed E-state index contributed by atoms with van der Waals surface area (Å²) in [6, 6.07) is 27.1. The molecule has 0 atom stereocenters. The number of para-hydroxylation sites is 1. The number of carbonyl (C=O) groups excluding carboxylic acids is 1. The Kier molecular flexibility index (Phi) is 5.94. The van der Waals surface area contributed by atoms with Crippen molar-refractivity contribution in [3.8, 4) is 5.69 Å². The summed E-state index contributed by atoms with van der Waals surface area (Å²) < 4.78 is 7.39. The van der Waals surface area contributed by atoms with E-state index in [9.17, 15) is 4.79 Å². The van der Waals surface area contributed by atoms with Crippen molar-refractivity contribution in [1.29, 1.82) is 0 Å². The minimum atomic E-state index is -0.203. The fourth-order valence-corrected chi connectivity index (χ4v) is 4.11. The number of nitrogens with zero attached hydrogens (tertiary/aromatic N) is 5. The van der Waals surface area contributed by atoms with E-state index in [1.807, 2.05) is 72.8 Å². The summed E-state index contributed by atoms with van der Waals surface area (Å²) in [6.07, 6.45) is 1.70. The molecule has 0 saturated carbocycles. The second-order valence-electron chi connectivity index (χ2n) is 7.08. The first-order valence-corrected chi connectivity index (χ1v) is 11.0. The van der Waals surface area contributed by atoms with Crippen LogP contribution in [-0.2, 0) is 11.2 Å². The van der Waals surface area contributed by atoms with Gasteiger partial charge >= 0.3 is 0 Å². The third-order valence-electron chi connectivity index (χ3n) is 4.85. The Balaban J connectivity index is 1.20. The topological polar surface area (TPSA) is 98.2 Å². The monoisotopic (exact) mass is 454 g/mol. The van der Waals surface area contributed by atoms with Crippen LogP contribution in [0.25, 0.3) is 16.5 Å². The second kappa shape index (κ2) is 9.49. The van der Waals surface area contributed by atoms with Crippen LogP contribution in [0.15, 0.2) is 105 Å². The Morgan fingerprint density at radius 3 is 2.73 bits per heavy atom. The van der Waals surface area contributed by atoms with Crippen LogP contribution in [0.1, 0.15) is 11.3 Å². The summed E-state index contributed by atoms with van der Waals surface area (Å²) >= 11 is 1.29.